The van der Waals surface area contributed by atoms with Crippen molar-refractivity contribution < 1.29 is 9.05 Å². The lowest BCUT2D eigenvalue weighted by Gasteiger charge is -2.40. The van der Waals surface area contributed by atoms with Gasteiger partial charge in [-0.2, -0.15) is 0 Å². The Labute approximate surface area is 240 Å². The fourth-order valence-corrected chi connectivity index (χ4v) is 9.02. The van der Waals surface area contributed by atoms with Gasteiger partial charge in [0.25, 0.3) is 0 Å². The molecule has 5 atom stereocenters. The molecule has 204 valence electrons. The Kier molecular flexibility index (Phi) is 7.22. The van der Waals surface area contributed by atoms with Crippen molar-refractivity contribution in [3.05, 3.63) is 136 Å². The maximum absolute atomic E-state index is 7.26. The normalized spacial score (nSPS) is 23.0. The second kappa shape index (κ2) is 11.1. The highest BCUT2D eigenvalue weighted by atomic mass is 31.2. The Morgan fingerprint density at radius 1 is 0.700 bits per heavy atom. The zero-order chi connectivity index (χ0) is 27.1. The Morgan fingerprint density at radius 2 is 1.35 bits per heavy atom. The average molecular weight is 548 g/mol. The summed E-state index contributed by atoms with van der Waals surface area (Å²) in [5, 5.41) is 0. The fourth-order valence-electron chi connectivity index (χ4n) is 7.15. The lowest BCUT2D eigenvalue weighted by atomic mass is 9.73. The van der Waals surface area contributed by atoms with E-state index < -0.39 is 8.53 Å². The molecule has 1 aliphatic heterocycles. The zero-order valence-electron chi connectivity index (χ0n) is 23.5. The second-order valence-corrected chi connectivity index (χ2v) is 12.9. The van der Waals surface area contributed by atoms with Gasteiger partial charge in [-0.1, -0.05) is 91.0 Å². The number of hydrogen-bond donors (Lipinski definition) is 0. The summed E-state index contributed by atoms with van der Waals surface area (Å²) in [6, 6.07) is 35.5. The first-order valence-corrected chi connectivity index (χ1v) is 16.1. The minimum Gasteiger partial charge on any atom is -0.435 e. The van der Waals surface area contributed by atoms with Crippen LogP contribution < -0.4 is 4.52 Å². The van der Waals surface area contributed by atoms with E-state index in [9.17, 15) is 0 Å². The van der Waals surface area contributed by atoms with Crippen molar-refractivity contribution in [3.8, 4) is 5.75 Å². The lowest BCUT2D eigenvalue weighted by molar-refractivity contribution is 0.138. The zero-order valence-corrected chi connectivity index (χ0v) is 24.4. The van der Waals surface area contributed by atoms with Gasteiger partial charge in [-0.25, -0.2) is 4.67 Å². The molecule has 0 bridgehead atoms. The smallest absolute Gasteiger partial charge is 0.322 e. The Balaban J connectivity index is 1.37. The molecule has 0 saturated carbocycles. The van der Waals surface area contributed by atoms with Gasteiger partial charge in [-0.15, -0.1) is 0 Å². The summed E-state index contributed by atoms with van der Waals surface area (Å²) in [5.41, 5.74) is 9.88. The van der Waals surface area contributed by atoms with Crippen LogP contribution in [0.5, 0.6) is 5.75 Å². The molecule has 4 aromatic rings. The molecule has 0 saturated heterocycles. The van der Waals surface area contributed by atoms with Gasteiger partial charge in [0.15, 0.2) is 0 Å². The fraction of sp³-hybridized carbons (Fsp3) is 0.333. The van der Waals surface area contributed by atoms with Crippen molar-refractivity contribution in [3.63, 3.8) is 0 Å². The molecule has 0 radical (unpaired) electrons. The molecule has 0 aromatic heterocycles. The van der Waals surface area contributed by atoms with Gasteiger partial charge in [0.2, 0.25) is 0 Å². The monoisotopic (exact) mass is 547 g/mol. The summed E-state index contributed by atoms with van der Waals surface area (Å²) < 4.78 is 16.9. The van der Waals surface area contributed by atoms with Crippen molar-refractivity contribution in [1.82, 2.24) is 4.67 Å². The molecular weight excluding hydrogens is 509 g/mol. The molecule has 2 aliphatic carbocycles. The third-order valence-corrected chi connectivity index (χ3v) is 11.1. The van der Waals surface area contributed by atoms with Gasteiger partial charge in [0, 0.05) is 23.6 Å². The minimum atomic E-state index is -1.39. The van der Waals surface area contributed by atoms with Gasteiger partial charge >= 0.3 is 8.53 Å². The molecule has 7 rings (SSSR count). The molecule has 0 fully saturated rings. The topological polar surface area (TPSA) is 21.7 Å². The summed E-state index contributed by atoms with van der Waals surface area (Å²) in [4.78, 5) is 0. The summed E-state index contributed by atoms with van der Waals surface area (Å²) in [6.07, 6.45) is 6.98. The number of nitrogens with zero attached hydrogens (tertiary/aromatic N) is 1. The highest BCUT2D eigenvalue weighted by Gasteiger charge is 2.44. The van der Waals surface area contributed by atoms with E-state index in [0.717, 1.165) is 25.0 Å². The minimum absolute atomic E-state index is 0.0872. The van der Waals surface area contributed by atoms with Crippen molar-refractivity contribution in [2.75, 3.05) is 0 Å². The molecular formula is C36H38NO2P. The van der Waals surface area contributed by atoms with Crippen molar-refractivity contribution in [1.29, 1.82) is 0 Å². The maximum Gasteiger partial charge on any atom is 0.322 e. The van der Waals surface area contributed by atoms with Gasteiger partial charge in [0.05, 0.1) is 6.10 Å². The molecule has 4 aromatic carbocycles. The van der Waals surface area contributed by atoms with Gasteiger partial charge in [-0.3, -0.25) is 0 Å². The Morgan fingerprint density at radius 3 is 2.08 bits per heavy atom. The third-order valence-electron chi connectivity index (χ3n) is 9.26. The number of rotatable bonds is 5. The third kappa shape index (κ3) is 4.69. The molecule has 4 heteroatoms. The van der Waals surface area contributed by atoms with Crippen LogP contribution >= 0.6 is 8.53 Å². The SMILES string of the molecule is C[C@@H](c1ccccc1)N([C@@H](C)c1ccccc1)P1Oc2ccc3c(c2[C@@H]2c4ccccc4CCC2O1)CCCC3. The van der Waals surface area contributed by atoms with Crippen molar-refractivity contribution >= 4 is 8.53 Å². The van der Waals surface area contributed by atoms with Crippen LogP contribution in [0.1, 0.15) is 90.1 Å². The first-order valence-electron chi connectivity index (χ1n) is 14.9. The predicted molar refractivity (Wildman–Crippen MR) is 164 cm³/mol. The van der Waals surface area contributed by atoms with Crippen LogP contribution in [0.15, 0.2) is 97.1 Å². The Bertz CT molecular complexity index is 1430. The van der Waals surface area contributed by atoms with Gasteiger partial charge in [0.1, 0.15) is 5.75 Å². The quantitative estimate of drug-likeness (QED) is 0.232. The van der Waals surface area contributed by atoms with Crippen LogP contribution in [-0.2, 0) is 23.8 Å². The van der Waals surface area contributed by atoms with Crippen LogP contribution in [0.3, 0.4) is 0 Å². The highest BCUT2D eigenvalue weighted by molar-refractivity contribution is 7.45. The summed E-state index contributed by atoms with van der Waals surface area (Å²) in [7, 11) is -1.39. The largest absolute Gasteiger partial charge is 0.435 e. The predicted octanol–water partition coefficient (Wildman–Crippen LogP) is 9.47. The number of hydrogen-bond acceptors (Lipinski definition) is 3. The molecule has 1 heterocycles. The maximum atomic E-state index is 7.26. The Hall–Kier alpha value is -2.97. The van der Waals surface area contributed by atoms with E-state index in [1.54, 1.807) is 0 Å². The number of fused-ring (bicyclic) bond motifs is 7. The van der Waals surface area contributed by atoms with Crippen molar-refractivity contribution in [2.24, 2.45) is 0 Å². The van der Waals surface area contributed by atoms with Crippen LogP contribution in [0.2, 0.25) is 0 Å². The van der Waals surface area contributed by atoms with E-state index in [-0.39, 0.29) is 24.1 Å². The standard InChI is InChI=1S/C36H38NO2P/c1-25(27-13-5-3-6-14-27)37(26(2)28-15-7-4-8-16-28)40-38-33-23-21-29-17-9-11-19-31(29)35(33)36-32-20-12-10-18-30(32)22-24-34(36)39-40/h3-9,11,13-17,19,22,24-26,33,35H,10,12,18,20-21,23H2,1-2H3/t25-,26-,33?,35+,40?/m0/s1. The molecule has 0 N–H and O–H groups in total. The molecule has 3 aliphatic rings. The van der Waals surface area contributed by atoms with E-state index in [1.165, 1.54) is 58.2 Å². The molecule has 0 spiro atoms. The van der Waals surface area contributed by atoms with Crippen LogP contribution in [0, 0.1) is 0 Å². The number of aryl methyl sites for hydroxylation is 2. The lowest BCUT2D eigenvalue weighted by Crippen LogP contribution is -2.32. The van der Waals surface area contributed by atoms with E-state index >= 15 is 0 Å². The van der Waals surface area contributed by atoms with Gasteiger partial charge in [-0.05, 0) is 91.8 Å². The van der Waals surface area contributed by atoms with Crippen LogP contribution in [0.4, 0.5) is 0 Å². The molecule has 0 amide bonds. The van der Waals surface area contributed by atoms with Gasteiger partial charge < -0.3 is 9.05 Å². The van der Waals surface area contributed by atoms with Crippen LogP contribution in [-0.4, -0.2) is 10.8 Å². The summed E-state index contributed by atoms with van der Waals surface area (Å²) in [5.74, 6) is 1.24. The second-order valence-electron chi connectivity index (χ2n) is 11.6. The summed E-state index contributed by atoms with van der Waals surface area (Å²) in [6.45, 7) is 4.60. The molecule has 40 heavy (non-hydrogen) atoms. The molecule has 2 unspecified atom stereocenters. The first-order chi connectivity index (χ1) is 19.7. The van der Waals surface area contributed by atoms with Crippen molar-refractivity contribution in [2.45, 2.75) is 76.5 Å². The summed E-state index contributed by atoms with van der Waals surface area (Å²) >= 11 is 0. The van der Waals surface area contributed by atoms with Crippen LogP contribution in [0.25, 0.3) is 0 Å². The molecule has 3 nitrogen and oxygen atoms in total. The van der Waals surface area contributed by atoms with E-state index in [1.807, 2.05) is 0 Å². The van der Waals surface area contributed by atoms with E-state index in [0.29, 0.717) is 0 Å². The number of benzene rings is 4. The average Bonchev–Trinajstić information content (AvgIpc) is 3.19. The van der Waals surface area contributed by atoms with E-state index in [2.05, 4.69) is 116 Å². The highest BCUT2D eigenvalue weighted by Crippen LogP contribution is 2.60. The van der Waals surface area contributed by atoms with E-state index in [4.69, 9.17) is 9.05 Å². The first kappa shape index (κ1) is 26.0.